The highest BCUT2D eigenvalue weighted by Crippen LogP contribution is 2.13. The second-order valence-electron chi connectivity index (χ2n) is 3.14. The molecule has 0 aliphatic carbocycles. The summed E-state index contributed by atoms with van der Waals surface area (Å²) >= 11 is 5.79. The highest BCUT2D eigenvalue weighted by Gasteiger charge is 2.14. The van der Waals surface area contributed by atoms with Gasteiger partial charge in [-0.1, -0.05) is 29.8 Å². The van der Waals surface area contributed by atoms with Crippen molar-refractivity contribution in [2.75, 3.05) is 6.61 Å². The predicted molar refractivity (Wildman–Crippen MR) is 61.4 cm³/mol. The minimum absolute atomic E-state index is 0.0700. The maximum atomic E-state index is 11.8. The molecule has 2 nitrogen and oxygen atoms in total. The molecule has 0 saturated heterocycles. The minimum Gasteiger partial charge on any atom is -0.366 e. The predicted octanol–water partition coefficient (Wildman–Crippen LogP) is 3.11. The Hall–Kier alpha value is -1.12. The van der Waals surface area contributed by atoms with Crippen LogP contribution in [-0.4, -0.2) is 18.5 Å². The summed E-state index contributed by atoms with van der Waals surface area (Å²) in [6.07, 6.45) is 1.14. The summed E-state index contributed by atoms with van der Waals surface area (Å²) in [6, 6.07) is 6.84. The number of rotatable bonds is 5. The van der Waals surface area contributed by atoms with Gasteiger partial charge in [0.1, 0.15) is 6.10 Å². The second-order valence-corrected chi connectivity index (χ2v) is 3.58. The number of hydrogen-bond donors (Lipinski definition) is 0. The Morgan fingerprint density at radius 1 is 1.67 bits per heavy atom. The van der Waals surface area contributed by atoms with Gasteiger partial charge in [0.05, 0.1) is 6.61 Å². The standard InChI is InChI=1S/C12H13ClO2/c1-3-7-15-9(2)12(14)10-5-4-6-11(13)8-10/h3-6,8-9H,1,7H2,2H3. The quantitative estimate of drug-likeness (QED) is 0.568. The van der Waals surface area contributed by atoms with Crippen molar-refractivity contribution in [1.82, 2.24) is 0 Å². The van der Waals surface area contributed by atoms with Crippen molar-refractivity contribution in [2.24, 2.45) is 0 Å². The van der Waals surface area contributed by atoms with Gasteiger partial charge in [0.25, 0.3) is 0 Å². The molecule has 0 fully saturated rings. The zero-order valence-corrected chi connectivity index (χ0v) is 9.33. The topological polar surface area (TPSA) is 26.3 Å². The molecule has 15 heavy (non-hydrogen) atoms. The summed E-state index contributed by atoms with van der Waals surface area (Å²) in [7, 11) is 0. The van der Waals surface area contributed by atoms with E-state index >= 15 is 0 Å². The Morgan fingerprint density at radius 2 is 2.40 bits per heavy atom. The monoisotopic (exact) mass is 224 g/mol. The van der Waals surface area contributed by atoms with Crippen molar-refractivity contribution in [3.8, 4) is 0 Å². The number of benzene rings is 1. The third-order valence-electron chi connectivity index (χ3n) is 1.94. The number of ketones is 1. The van der Waals surface area contributed by atoms with Gasteiger partial charge in [-0.2, -0.15) is 0 Å². The summed E-state index contributed by atoms with van der Waals surface area (Å²) in [6.45, 7) is 5.60. The summed E-state index contributed by atoms with van der Waals surface area (Å²) in [5.74, 6) is -0.0700. The van der Waals surface area contributed by atoms with E-state index in [0.29, 0.717) is 17.2 Å². The molecule has 1 unspecified atom stereocenters. The summed E-state index contributed by atoms with van der Waals surface area (Å²) in [4.78, 5) is 11.8. The molecule has 3 heteroatoms. The lowest BCUT2D eigenvalue weighted by Crippen LogP contribution is -2.20. The highest BCUT2D eigenvalue weighted by atomic mass is 35.5. The number of carbonyl (C=O) groups is 1. The first-order valence-corrected chi connectivity index (χ1v) is 5.05. The average molecular weight is 225 g/mol. The fourth-order valence-electron chi connectivity index (χ4n) is 1.16. The second kappa shape index (κ2) is 5.69. The van der Waals surface area contributed by atoms with Crippen LogP contribution in [0.5, 0.6) is 0 Å². The molecule has 0 N–H and O–H groups in total. The molecule has 80 valence electrons. The summed E-state index contributed by atoms with van der Waals surface area (Å²) < 4.78 is 5.24. The third-order valence-corrected chi connectivity index (χ3v) is 2.18. The van der Waals surface area contributed by atoms with E-state index in [1.165, 1.54) is 0 Å². The van der Waals surface area contributed by atoms with E-state index in [1.807, 2.05) is 0 Å². The van der Waals surface area contributed by atoms with E-state index in [1.54, 1.807) is 37.3 Å². The van der Waals surface area contributed by atoms with Crippen molar-refractivity contribution in [3.05, 3.63) is 47.5 Å². The zero-order valence-electron chi connectivity index (χ0n) is 8.57. The maximum absolute atomic E-state index is 11.8. The van der Waals surface area contributed by atoms with Crippen LogP contribution >= 0.6 is 11.6 Å². The van der Waals surface area contributed by atoms with Crippen molar-refractivity contribution in [2.45, 2.75) is 13.0 Å². The number of hydrogen-bond acceptors (Lipinski definition) is 2. The molecule has 0 bridgehead atoms. The van der Waals surface area contributed by atoms with Crippen LogP contribution < -0.4 is 0 Å². The van der Waals surface area contributed by atoms with Crippen LogP contribution in [0.1, 0.15) is 17.3 Å². The van der Waals surface area contributed by atoms with Crippen LogP contribution in [0.2, 0.25) is 5.02 Å². The lowest BCUT2D eigenvalue weighted by molar-refractivity contribution is 0.0566. The van der Waals surface area contributed by atoms with Gasteiger partial charge >= 0.3 is 0 Å². The summed E-state index contributed by atoms with van der Waals surface area (Å²) in [5.41, 5.74) is 0.569. The van der Waals surface area contributed by atoms with Gasteiger partial charge in [0, 0.05) is 10.6 Å². The van der Waals surface area contributed by atoms with Crippen LogP contribution in [0.3, 0.4) is 0 Å². The minimum atomic E-state index is -0.471. The Kier molecular flexibility index (Phi) is 4.53. The normalized spacial score (nSPS) is 12.1. The van der Waals surface area contributed by atoms with E-state index in [-0.39, 0.29) is 5.78 Å². The lowest BCUT2D eigenvalue weighted by atomic mass is 10.1. The first kappa shape index (κ1) is 12.0. The van der Waals surface area contributed by atoms with Crippen molar-refractivity contribution in [3.63, 3.8) is 0 Å². The van der Waals surface area contributed by atoms with Gasteiger partial charge in [-0.15, -0.1) is 6.58 Å². The Bertz CT molecular complexity index is 360. The van der Waals surface area contributed by atoms with E-state index in [2.05, 4.69) is 6.58 Å². The van der Waals surface area contributed by atoms with Gasteiger partial charge in [-0.05, 0) is 19.1 Å². The molecule has 0 aliphatic heterocycles. The molecular formula is C12H13ClO2. The van der Waals surface area contributed by atoms with Gasteiger partial charge in [0.15, 0.2) is 5.78 Å². The number of halogens is 1. The fraction of sp³-hybridized carbons (Fsp3) is 0.250. The molecule has 0 radical (unpaired) electrons. The third kappa shape index (κ3) is 3.50. The Labute approximate surface area is 94.5 Å². The van der Waals surface area contributed by atoms with Crippen LogP contribution in [0, 0.1) is 0 Å². The largest absolute Gasteiger partial charge is 0.366 e. The Morgan fingerprint density at radius 3 is 3.00 bits per heavy atom. The number of carbonyl (C=O) groups excluding carboxylic acids is 1. The van der Waals surface area contributed by atoms with Gasteiger partial charge in [-0.3, -0.25) is 4.79 Å². The first-order chi connectivity index (χ1) is 7.15. The SMILES string of the molecule is C=CCOC(C)C(=O)c1cccc(Cl)c1. The lowest BCUT2D eigenvalue weighted by Gasteiger charge is -2.10. The number of ether oxygens (including phenoxy) is 1. The maximum Gasteiger partial charge on any atom is 0.191 e. The molecule has 0 amide bonds. The van der Waals surface area contributed by atoms with Gasteiger partial charge < -0.3 is 4.74 Å². The smallest absolute Gasteiger partial charge is 0.191 e. The van der Waals surface area contributed by atoms with Gasteiger partial charge in [-0.25, -0.2) is 0 Å². The van der Waals surface area contributed by atoms with Crippen LogP contribution in [0.15, 0.2) is 36.9 Å². The molecule has 0 heterocycles. The van der Waals surface area contributed by atoms with Crippen LogP contribution in [-0.2, 0) is 4.74 Å². The van der Waals surface area contributed by atoms with Crippen molar-refractivity contribution < 1.29 is 9.53 Å². The van der Waals surface area contributed by atoms with E-state index in [4.69, 9.17) is 16.3 Å². The molecule has 1 aromatic rings. The molecule has 1 aromatic carbocycles. The summed E-state index contributed by atoms with van der Waals surface area (Å²) in [5, 5.41) is 0.553. The average Bonchev–Trinajstić information content (AvgIpc) is 2.24. The number of Topliss-reactive ketones (excluding diaryl/α,β-unsaturated/α-hetero) is 1. The molecule has 1 rings (SSSR count). The molecule has 0 saturated carbocycles. The molecule has 0 aliphatic rings. The van der Waals surface area contributed by atoms with Gasteiger partial charge in [0.2, 0.25) is 0 Å². The van der Waals surface area contributed by atoms with Crippen LogP contribution in [0.25, 0.3) is 0 Å². The van der Waals surface area contributed by atoms with E-state index in [9.17, 15) is 4.79 Å². The fourth-order valence-corrected chi connectivity index (χ4v) is 1.35. The Balaban J connectivity index is 2.71. The molecule has 1 atom stereocenters. The molecular weight excluding hydrogens is 212 g/mol. The van der Waals surface area contributed by atoms with E-state index in [0.717, 1.165) is 0 Å². The van der Waals surface area contributed by atoms with Crippen molar-refractivity contribution >= 4 is 17.4 Å². The zero-order chi connectivity index (χ0) is 11.3. The molecule has 0 spiro atoms. The highest BCUT2D eigenvalue weighted by molar-refractivity contribution is 6.31. The van der Waals surface area contributed by atoms with Crippen molar-refractivity contribution in [1.29, 1.82) is 0 Å². The first-order valence-electron chi connectivity index (χ1n) is 4.67. The van der Waals surface area contributed by atoms with E-state index < -0.39 is 6.10 Å². The van der Waals surface area contributed by atoms with Crippen LogP contribution in [0.4, 0.5) is 0 Å². The molecule has 0 aromatic heterocycles.